The predicted octanol–water partition coefficient (Wildman–Crippen LogP) is 6.17. The molecule has 0 aliphatic heterocycles. The monoisotopic (exact) mass is 385 g/mol. The van der Waals surface area contributed by atoms with E-state index in [-0.39, 0.29) is 5.92 Å². The van der Waals surface area contributed by atoms with Gasteiger partial charge in [-0.15, -0.1) is 0 Å². The zero-order valence-electron chi connectivity index (χ0n) is 16.7. The largest absolute Gasteiger partial charge is 0.497 e. The van der Waals surface area contributed by atoms with Crippen molar-refractivity contribution in [2.45, 2.75) is 33.3 Å². The zero-order chi connectivity index (χ0) is 19.9. The normalized spacial score (nSPS) is 14.9. The quantitative estimate of drug-likeness (QED) is 0.508. The van der Waals surface area contributed by atoms with Crippen LogP contribution in [0.25, 0.3) is 0 Å². The number of ether oxygens (including phenoxy) is 2. The van der Waals surface area contributed by atoms with Gasteiger partial charge >= 0.3 is 0 Å². The molecule has 2 rings (SSSR count). The van der Waals surface area contributed by atoms with Crippen molar-refractivity contribution >= 4 is 16.8 Å². The van der Waals surface area contributed by atoms with E-state index in [1.165, 1.54) is 0 Å². The summed E-state index contributed by atoms with van der Waals surface area (Å²) in [4.78, 5) is 4.16. The second-order valence-corrected chi connectivity index (χ2v) is 7.42. The maximum absolute atomic E-state index is 6.61. The Balaban J connectivity index is 2.49. The smallest absolute Gasteiger partial charge is 0.121 e. The molecule has 0 amide bonds. The van der Waals surface area contributed by atoms with Gasteiger partial charge in [0.25, 0.3) is 0 Å². The lowest BCUT2D eigenvalue weighted by Crippen LogP contribution is -2.37. The molecule has 0 heterocycles. The minimum Gasteiger partial charge on any atom is -0.497 e. The first-order valence-corrected chi connectivity index (χ1v) is 9.47. The molecule has 1 atom stereocenters. The van der Waals surface area contributed by atoms with Gasteiger partial charge in [0.05, 0.1) is 13.7 Å². The van der Waals surface area contributed by atoms with Crippen LogP contribution in [0.15, 0.2) is 71.4 Å². The van der Waals surface area contributed by atoms with Gasteiger partial charge in [-0.3, -0.25) is 0 Å². The van der Waals surface area contributed by atoms with Crippen LogP contribution in [0.4, 0.5) is 0 Å². The number of rotatable bonds is 8. The summed E-state index contributed by atoms with van der Waals surface area (Å²) in [6, 6.07) is 18.4. The van der Waals surface area contributed by atoms with Crippen molar-refractivity contribution in [1.29, 1.82) is 0 Å². The molecule has 27 heavy (non-hydrogen) atoms. The Kier molecular flexibility index (Phi) is 7.64. The fourth-order valence-electron chi connectivity index (χ4n) is 3.16. The van der Waals surface area contributed by atoms with Crippen molar-refractivity contribution in [2.75, 3.05) is 13.7 Å². The van der Waals surface area contributed by atoms with Crippen molar-refractivity contribution in [1.82, 2.24) is 0 Å². The summed E-state index contributed by atoms with van der Waals surface area (Å²) in [6.45, 7) is 8.56. The minimum absolute atomic E-state index is 0.208. The average Bonchev–Trinajstić information content (AvgIpc) is 2.68. The van der Waals surface area contributed by atoms with E-state index in [1.54, 1.807) is 20.2 Å². The van der Waals surface area contributed by atoms with Crippen LogP contribution in [0.5, 0.6) is 5.75 Å². The predicted molar refractivity (Wildman–Crippen MR) is 114 cm³/mol. The standard InChI is InChI=1S/C23H28ClNO2/c1-17(2)23(20-9-7-6-8-10-20,21-11-13-22(26-5)14-12-21)27-16-18(3)15-25-19(4)24/h6-15,17H,16H2,1-5H3. The van der Waals surface area contributed by atoms with Gasteiger partial charge in [0.1, 0.15) is 16.5 Å². The molecule has 0 radical (unpaired) electrons. The van der Waals surface area contributed by atoms with Crippen molar-refractivity contribution in [2.24, 2.45) is 10.9 Å². The lowest BCUT2D eigenvalue weighted by molar-refractivity contribution is -0.0411. The molecular formula is C23H28ClNO2. The molecule has 0 N–H and O–H groups in total. The van der Waals surface area contributed by atoms with E-state index in [0.29, 0.717) is 11.8 Å². The molecule has 0 aliphatic carbocycles. The lowest BCUT2D eigenvalue weighted by Gasteiger charge is -2.39. The number of halogens is 1. The molecule has 3 nitrogen and oxygen atoms in total. The van der Waals surface area contributed by atoms with E-state index in [1.807, 2.05) is 37.3 Å². The highest BCUT2D eigenvalue weighted by Crippen LogP contribution is 2.41. The van der Waals surface area contributed by atoms with Crippen molar-refractivity contribution in [3.63, 3.8) is 0 Å². The number of hydrogen-bond donors (Lipinski definition) is 0. The van der Waals surface area contributed by atoms with Crippen LogP contribution in [0.1, 0.15) is 38.8 Å². The molecule has 144 valence electrons. The third kappa shape index (κ3) is 5.21. The Morgan fingerprint density at radius 3 is 2.15 bits per heavy atom. The maximum atomic E-state index is 6.61. The van der Waals surface area contributed by atoms with Crippen LogP contribution in [-0.4, -0.2) is 18.9 Å². The molecule has 0 aliphatic rings. The van der Waals surface area contributed by atoms with E-state index in [9.17, 15) is 0 Å². The van der Waals surface area contributed by atoms with Crippen LogP contribution in [0.3, 0.4) is 0 Å². The van der Waals surface area contributed by atoms with Crippen LogP contribution in [-0.2, 0) is 10.3 Å². The second kappa shape index (κ2) is 9.72. The Morgan fingerprint density at radius 1 is 1.04 bits per heavy atom. The molecule has 0 fully saturated rings. The highest BCUT2D eigenvalue weighted by atomic mass is 35.5. The number of hydrogen-bond acceptors (Lipinski definition) is 3. The molecule has 0 aromatic heterocycles. The SMILES string of the molecule is COc1ccc(C(OCC(C)=CN=C(C)Cl)(c2ccccc2)C(C)C)cc1. The topological polar surface area (TPSA) is 30.8 Å². The first-order valence-electron chi connectivity index (χ1n) is 9.09. The Hall–Kier alpha value is -2.10. The molecule has 2 aromatic carbocycles. The fourth-order valence-corrected chi connectivity index (χ4v) is 3.20. The van der Waals surface area contributed by atoms with Gasteiger partial charge in [-0.1, -0.05) is 67.9 Å². The summed E-state index contributed by atoms with van der Waals surface area (Å²) >= 11 is 5.84. The van der Waals surface area contributed by atoms with Crippen LogP contribution < -0.4 is 4.74 Å². The van der Waals surface area contributed by atoms with E-state index in [4.69, 9.17) is 21.1 Å². The summed E-state index contributed by atoms with van der Waals surface area (Å²) in [5.74, 6) is 1.03. The van der Waals surface area contributed by atoms with Gasteiger partial charge in [-0.25, -0.2) is 4.99 Å². The Labute approximate surface area is 167 Å². The third-order valence-corrected chi connectivity index (χ3v) is 4.62. The first kappa shape index (κ1) is 21.2. The summed E-state index contributed by atoms with van der Waals surface area (Å²) in [6.07, 6.45) is 1.76. The van der Waals surface area contributed by atoms with Crippen LogP contribution >= 0.6 is 11.6 Å². The zero-order valence-corrected chi connectivity index (χ0v) is 17.5. The first-order chi connectivity index (χ1) is 12.9. The van der Waals surface area contributed by atoms with E-state index >= 15 is 0 Å². The second-order valence-electron chi connectivity index (χ2n) is 6.88. The molecule has 4 heteroatoms. The van der Waals surface area contributed by atoms with E-state index in [0.717, 1.165) is 22.4 Å². The number of benzene rings is 2. The number of aliphatic imine (C=N–C) groups is 1. The molecule has 0 saturated heterocycles. The summed E-state index contributed by atoms with van der Waals surface area (Å²) in [7, 11) is 1.67. The minimum atomic E-state index is -0.581. The van der Waals surface area contributed by atoms with Crippen molar-refractivity contribution < 1.29 is 9.47 Å². The van der Waals surface area contributed by atoms with Gasteiger partial charge in [0, 0.05) is 6.20 Å². The molecule has 0 bridgehead atoms. The van der Waals surface area contributed by atoms with Gasteiger partial charge in [0.2, 0.25) is 0 Å². The molecule has 0 saturated carbocycles. The Bertz CT molecular complexity index is 778. The summed E-state index contributed by atoms with van der Waals surface area (Å²) < 4.78 is 11.9. The number of nitrogens with zero attached hydrogens (tertiary/aromatic N) is 1. The Morgan fingerprint density at radius 2 is 1.63 bits per heavy atom. The lowest BCUT2D eigenvalue weighted by atomic mass is 9.77. The highest BCUT2D eigenvalue weighted by Gasteiger charge is 2.38. The van der Waals surface area contributed by atoms with Gasteiger partial charge < -0.3 is 9.47 Å². The fraction of sp³-hybridized carbons (Fsp3) is 0.348. The van der Waals surface area contributed by atoms with Crippen molar-refractivity contribution in [3.8, 4) is 5.75 Å². The molecule has 0 spiro atoms. The van der Waals surface area contributed by atoms with E-state index in [2.05, 4.69) is 43.1 Å². The number of methoxy groups -OCH3 is 1. The van der Waals surface area contributed by atoms with Crippen LogP contribution in [0.2, 0.25) is 0 Å². The van der Waals surface area contributed by atoms with Gasteiger partial charge in [-0.05, 0) is 48.6 Å². The third-order valence-electron chi connectivity index (χ3n) is 4.52. The van der Waals surface area contributed by atoms with Gasteiger partial charge in [0.15, 0.2) is 0 Å². The maximum Gasteiger partial charge on any atom is 0.121 e. The summed E-state index contributed by atoms with van der Waals surface area (Å²) in [5.41, 5.74) is 2.64. The molecule has 1 unspecified atom stereocenters. The average molecular weight is 386 g/mol. The molecular weight excluding hydrogens is 358 g/mol. The molecule has 2 aromatic rings. The highest BCUT2D eigenvalue weighted by molar-refractivity contribution is 6.64. The van der Waals surface area contributed by atoms with E-state index < -0.39 is 5.60 Å². The van der Waals surface area contributed by atoms with Gasteiger partial charge in [-0.2, -0.15) is 0 Å². The summed E-state index contributed by atoms with van der Waals surface area (Å²) in [5, 5.41) is 0.502. The van der Waals surface area contributed by atoms with Crippen LogP contribution in [0, 0.1) is 5.92 Å². The van der Waals surface area contributed by atoms with Crippen molar-refractivity contribution in [3.05, 3.63) is 77.5 Å².